The predicted octanol–water partition coefficient (Wildman–Crippen LogP) is 3.21. The van der Waals surface area contributed by atoms with Gasteiger partial charge in [-0.1, -0.05) is 18.2 Å². The summed E-state index contributed by atoms with van der Waals surface area (Å²) < 4.78 is 26.5. The Bertz CT molecular complexity index is 647. The summed E-state index contributed by atoms with van der Waals surface area (Å²) >= 11 is 0. The van der Waals surface area contributed by atoms with Gasteiger partial charge in [0.25, 0.3) is 5.69 Å². The van der Waals surface area contributed by atoms with E-state index in [2.05, 4.69) is 5.32 Å². The second kappa shape index (κ2) is 6.90. The van der Waals surface area contributed by atoms with E-state index in [-0.39, 0.29) is 23.6 Å². The highest BCUT2D eigenvalue weighted by Crippen LogP contribution is 2.19. The molecule has 0 aromatic heterocycles. The Labute approximate surface area is 120 Å². The molecule has 2 aromatic rings. The Hall–Kier alpha value is -2.34. The van der Waals surface area contributed by atoms with Crippen LogP contribution in [0, 0.1) is 21.7 Å². The molecule has 110 valence electrons. The van der Waals surface area contributed by atoms with Crippen LogP contribution >= 0.6 is 0 Å². The molecule has 0 bridgehead atoms. The zero-order valence-corrected chi connectivity index (χ0v) is 11.2. The molecule has 0 amide bonds. The quantitative estimate of drug-likeness (QED) is 0.505. The Balaban J connectivity index is 1.93. The topological polar surface area (TPSA) is 55.2 Å². The third-order valence-electron chi connectivity index (χ3n) is 3.08. The second-order valence-corrected chi connectivity index (χ2v) is 4.55. The summed E-state index contributed by atoms with van der Waals surface area (Å²) in [5.74, 6) is -0.803. The number of benzene rings is 2. The molecule has 0 fully saturated rings. The van der Waals surface area contributed by atoms with Crippen LogP contribution in [-0.4, -0.2) is 11.5 Å². The van der Waals surface area contributed by atoms with E-state index in [0.717, 1.165) is 18.2 Å². The fourth-order valence-electron chi connectivity index (χ4n) is 2.02. The average molecular weight is 292 g/mol. The smallest absolute Gasteiger partial charge is 0.274 e. The van der Waals surface area contributed by atoms with Crippen LogP contribution in [-0.2, 0) is 13.0 Å². The first-order valence-electron chi connectivity index (χ1n) is 6.45. The molecule has 0 spiro atoms. The van der Waals surface area contributed by atoms with Crippen molar-refractivity contribution in [3.8, 4) is 0 Å². The predicted molar refractivity (Wildman–Crippen MR) is 74.9 cm³/mol. The maximum Gasteiger partial charge on any atom is 0.274 e. The Morgan fingerprint density at radius 1 is 1.10 bits per heavy atom. The standard InChI is InChI=1S/C15H14F2N2O2/c16-13-5-6-15(19(20)21)12(9-13)10-18-8-7-11-3-1-2-4-14(11)17/h1-6,9,18H,7-8,10H2. The molecule has 0 heterocycles. The van der Waals surface area contributed by atoms with Gasteiger partial charge in [0.2, 0.25) is 0 Å². The minimum Gasteiger partial charge on any atom is -0.312 e. The summed E-state index contributed by atoms with van der Waals surface area (Å²) in [5, 5.41) is 13.8. The van der Waals surface area contributed by atoms with Gasteiger partial charge in [0.15, 0.2) is 0 Å². The van der Waals surface area contributed by atoms with E-state index in [1.165, 1.54) is 6.07 Å². The van der Waals surface area contributed by atoms with E-state index in [0.29, 0.717) is 18.5 Å². The van der Waals surface area contributed by atoms with Crippen molar-refractivity contribution in [2.45, 2.75) is 13.0 Å². The molecule has 0 aliphatic carbocycles. The monoisotopic (exact) mass is 292 g/mol. The molecule has 0 unspecified atom stereocenters. The summed E-state index contributed by atoms with van der Waals surface area (Å²) in [6.45, 7) is 0.594. The minimum atomic E-state index is -0.548. The van der Waals surface area contributed by atoms with Gasteiger partial charge in [-0.2, -0.15) is 0 Å². The molecule has 6 heteroatoms. The van der Waals surface area contributed by atoms with Crippen molar-refractivity contribution in [2.24, 2.45) is 0 Å². The summed E-state index contributed by atoms with van der Waals surface area (Å²) in [7, 11) is 0. The molecule has 0 aliphatic rings. The summed E-state index contributed by atoms with van der Waals surface area (Å²) in [4.78, 5) is 10.3. The number of nitrogens with zero attached hydrogens (tertiary/aromatic N) is 1. The molecular formula is C15H14F2N2O2. The number of hydrogen-bond acceptors (Lipinski definition) is 3. The molecule has 4 nitrogen and oxygen atoms in total. The Kier molecular flexibility index (Phi) is 4.94. The number of hydrogen-bond donors (Lipinski definition) is 1. The van der Waals surface area contributed by atoms with Crippen LogP contribution in [0.25, 0.3) is 0 Å². The highest BCUT2D eigenvalue weighted by Gasteiger charge is 2.13. The van der Waals surface area contributed by atoms with Crippen LogP contribution in [0.4, 0.5) is 14.5 Å². The highest BCUT2D eigenvalue weighted by molar-refractivity contribution is 5.40. The van der Waals surface area contributed by atoms with E-state index in [4.69, 9.17) is 0 Å². The summed E-state index contributed by atoms with van der Waals surface area (Å²) in [6.07, 6.45) is 0.454. The molecule has 0 atom stereocenters. The fraction of sp³-hybridized carbons (Fsp3) is 0.200. The summed E-state index contributed by atoms with van der Waals surface area (Å²) in [6, 6.07) is 9.75. The summed E-state index contributed by atoms with van der Waals surface area (Å²) in [5.41, 5.74) is 0.710. The minimum absolute atomic E-state index is 0.130. The van der Waals surface area contributed by atoms with E-state index >= 15 is 0 Å². The Morgan fingerprint density at radius 2 is 1.86 bits per heavy atom. The third kappa shape index (κ3) is 4.06. The molecule has 0 radical (unpaired) electrons. The maximum atomic E-state index is 13.4. The number of nitrogens with one attached hydrogen (secondary N) is 1. The maximum absolute atomic E-state index is 13.4. The van der Waals surface area contributed by atoms with Gasteiger partial charge in [-0.05, 0) is 36.7 Å². The first-order valence-corrected chi connectivity index (χ1v) is 6.45. The van der Waals surface area contributed by atoms with Crippen LogP contribution in [0.1, 0.15) is 11.1 Å². The molecule has 21 heavy (non-hydrogen) atoms. The first kappa shape index (κ1) is 15.1. The van der Waals surface area contributed by atoms with Crippen LogP contribution in [0.15, 0.2) is 42.5 Å². The fourth-order valence-corrected chi connectivity index (χ4v) is 2.02. The van der Waals surface area contributed by atoms with Gasteiger partial charge in [-0.25, -0.2) is 8.78 Å². The third-order valence-corrected chi connectivity index (χ3v) is 3.08. The van der Waals surface area contributed by atoms with Crippen molar-refractivity contribution in [1.82, 2.24) is 5.32 Å². The van der Waals surface area contributed by atoms with Crippen molar-refractivity contribution in [3.05, 3.63) is 75.3 Å². The van der Waals surface area contributed by atoms with Crippen molar-refractivity contribution >= 4 is 5.69 Å². The van der Waals surface area contributed by atoms with Gasteiger partial charge < -0.3 is 5.32 Å². The van der Waals surface area contributed by atoms with Crippen LogP contribution in [0.3, 0.4) is 0 Å². The largest absolute Gasteiger partial charge is 0.312 e. The zero-order chi connectivity index (χ0) is 15.2. The van der Waals surface area contributed by atoms with E-state index in [1.54, 1.807) is 18.2 Å². The molecule has 0 saturated heterocycles. The van der Waals surface area contributed by atoms with Crippen molar-refractivity contribution in [2.75, 3.05) is 6.54 Å². The highest BCUT2D eigenvalue weighted by atomic mass is 19.1. The first-order chi connectivity index (χ1) is 10.1. The van der Waals surface area contributed by atoms with Gasteiger partial charge in [0, 0.05) is 18.2 Å². The number of rotatable bonds is 6. The molecule has 0 aliphatic heterocycles. The van der Waals surface area contributed by atoms with Crippen molar-refractivity contribution in [1.29, 1.82) is 0 Å². The molecule has 1 N–H and O–H groups in total. The molecule has 2 aromatic carbocycles. The normalized spacial score (nSPS) is 10.6. The SMILES string of the molecule is O=[N+]([O-])c1ccc(F)cc1CNCCc1ccccc1F. The van der Waals surface area contributed by atoms with Crippen molar-refractivity contribution < 1.29 is 13.7 Å². The van der Waals surface area contributed by atoms with Gasteiger partial charge in [-0.15, -0.1) is 0 Å². The van der Waals surface area contributed by atoms with Gasteiger partial charge in [0.05, 0.1) is 4.92 Å². The lowest BCUT2D eigenvalue weighted by molar-refractivity contribution is -0.385. The lowest BCUT2D eigenvalue weighted by Crippen LogP contribution is -2.18. The Morgan fingerprint density at radius 3 is 2.57 bits per heavy atom. The lowest BCUT2D eigenvalue weighted by Gasteiger charge is -2.07. The number of halogens is 2. The lowest BCUT2D eigenvalue weighted by atomic mass is 10.1. The van der Waals surface area contributed by atoms with Gasteiger partial charge in [-0.3, -0.25) is 10.1 Å². The van der Waals surface area contributed by atoms with Crippen LogP contribution in [0.2, 0.25) is 0 Å². The van der Waals surface area contributed by atoms with E-state index < -0.39 is 10.7 Å². The molecule has 2 rings (SSSR count). The van der Waals surface area contributed by atoms with E-state index in [9.17, 15) is 18.9 Å². The molecular weight excluding hydrogens is 278 g/mol. The number of nitro benzene ring substituents is 1. The number of nitro groups is 1. The van der Waals surface area contributed by atoms with Gasteiger partial charge in [0.1, 0.15) is 11.6 Å². The van der Waals surface area contributed by atoms with Crippen LogP contribution < -0.4 is 5.32 Å². The zero-order valence-electron chi connectivity index (χ0n) is 11.2. The average Bonchev–Trinajstić information content (AvgIpc) is 2.45. The van der Waals surface area contributed by atoms with Crippen molar-refractivity contribution in [3.63, 3.8) is 0 Å². The van der Waals surface area contributed by atoms with Crippen LogP contribution in [0.5, 0.6) is 0 Å². The van der Waals surface area contributed by atoms with E-state index in [1.807, 2.05) is 0 Å². The van der Waals surface area contributed by atoms with Gasteiger partial charge >= 0.3 is 0 Å². The second-order valence-electron chi connectivity index (χ2n) is 4.55. The molecule has 0 saturated carbocycles.